The molecule has 0 saturated heterocycles. The Hall–Kier alpha value is -3.38. The third-order valence-electron chi connectivity index (χ3n) is 4.49. The van der Waals surface area contributed by atoms with Gasteiger partial charge < -0.3 is 9.47 Å². The van der Waals surface area contributed by atoms with Gasteiger partial charge in [0.2, 0.25) is 0 Å². The minimum Gasteiger partial charge on any atom is -0.490 e. The largest absolute Gasteiger partial charge is 0.490 e. The molecule has 1 aliphatic heterocycles. The topological polar surface area (TPSA) is 55.8 Å². The average Bonchev–Trinajstić information content (AvgIpc) is 2.98. The van der Waals surface area contributed by atoms with Crippen LogP contribution in [-0.2, 0) is 14.3 Å². The number of carbonyl (C=O) groups is 2. The predicted octanol–water partition coefficient (Wildman–Crippen LogP) is 4.92. The van der Waals surface area contributed by atoms with Gasteiger partial charge in [-0.15, -0.1) is 0 Å². The van der Waals surface area contributed by atoms with E-state index < -0.39 is 17.7 Å². The molecule has 30 heavy (non-hydrogen) atoms. The first-order valence-electron chi connectivity index (χ1n) is 9.02. The van der Waals surface area contributed by atoms with Crippen LogP contribution in [0.4, 0.5) is 10.1 Å². The molecule has 0 aromatic heterocycles. The molecular formula is C23H19ClFNO4. The van der Waals surface area contributed by atoms with Crippen molar-refractivity contribution in [2.24, 2.45) is 0 Å². The van der Waals surface area contributed by atoms with Gasteiger partial charge in [-0.25, -0.2) is 9.18 Å². The Morgan fingerprint density at radius 3 is 2.70 bits per heavy atom. The van der Waals surface area contributed by atoms with Gasteiger partial charge in [0, 0.05) is 5.70 Å². The van der Waals surface area contributed by atoms with E-state index in [2.05, 4.69) is 6.58 Å². The molecule has 0 atom stereocenters. The number of benzene rings is 2. The van der Waals surface area contributed by atoms with Crippen LogP contribution in [0.2, 0.25) is 5.02 Å². The van der Waals surface area contributed by atoms with Gasteiger partial charge in [0.25, 0.3) is 5.91 Å². The SMILES string of the molecule is C=CCOc1cccc(/C=C2\C(=O)N(c3ccc(F)c(Cl)c3)C(C)=C2C(=O)OC)c1. The molecule has 0 saturated carbocycles. The normalized spacial score (nSPS) is 15.0. The zero-order valence-electron chi connectivity index (χ0n) is 16.4. The molecule has 0 radical (unpaired) electrons. The summed E-state index contributed by atoms with van der Waals surface area (Å²) in [7, 11) is 1.24. The summed E-state index contributed by atoms with van der Waals surface area (Å²) in [6.07, 6.45) is 3.21. The van der Waals surface area contributed by atoms with E-state index >= 15 is 0 Å². The Morgan fingerprint density at radius 2 is 2.03 bits per heavy atom. The summed E-state index contributed by atoms with van der Waals surface area (Å²) in [6, 6.07) is 11.0. The fraction of sp³-hybridized carbons (Fsp3) is 0.130. The zero-order chi connectivity index (χ0) is 21.8. The van der Waals surface area contributed by atoms with E-state index in [0.29, 0.717) is 29.3 Å². The van der Waals surface area contributed by atoms with E-state index in [1.807, 2.05) is 0 Å². The first-order valence-corrected chi connectivity index (χ1v) is 9.39. The van der Waals surface area contributed by atoms with E-state index in [1.54, 1.807) is 43.3 Å². The summed E-state index contributed by atoms with van der Waals surface area (Å²) in [5.74, 6) is -1.11. The summed E-state index contributed by atoms with van der Waals surface area (Å²) in [4.78, 5) is 27.0. The highest BCUT2D eigenvalue weighted by molar-refractivity contribution is 6.31. The minimum atomic E-state index is -0.651. The number of carbonyl (C=O) groups excluding carboxylic acids is 2. The van der Waals surface area contributed by atoms with E-state index in [9.17, 15) is 14.0 Å². The summed E-state index contributed by atoms with van der Waals surface area (Å²) >= 11 is 5.88. The fourth-order valence-electron chi connectivity index (χ4n) is 3.13. The Bertz CT molecular complexity index is 1090. The first-order chi connectivity index (χ1) is 14.4. The molecule has 1 heterocycles. The third-order valence-corrected chi connectivity index (χ3v) is 4.78. The van der Waals surface area contributed by atoms with Crippen molar-refractivity contribution in [2.45, 2.75) is 6.92 Å². The quantitative estimate of drug-likeness (QED) is 0.373. The summed E-state index contributed by atoms with van der Waals surface area (Å²) in [5.41, 5.74) is 1.64. The maximum atomic E-state index is 13.6. The number of allylic oxidation sites excluding steroid dienone is 1. The van der Waals surface area contributed by atoms with Crippen molar-refractivity contribution in [3.63, 3.8) is 0 Å². The van der Waals surface area contributed by atoms with Gasteiger partial charge in [0.05, 0.1) is 29.0 Å². The number of nitrogens with zero attached hydrogens (tertiary/aromatic N) is 1. The van der Waals surface area contributed by atoms with Crippen LogP contribution < -0.4 is 9.64 Å². The van der Waals surface area contributed by atoms with Crippen molar-refractivity contribution >= 4 is 35.2 Å². The summed E-state index contributed by atoms with van der Waals surface area (Å²) in [5, 5.41) is -0.128. The van der Waals surface area contributed by atoms with E-state index in [0.717, 1.165) is 6.07 Å². The average molecular weight is 428 g/mol. The van der Waals surface area contributed by atoms with Crippen molar-refractivity contribution < 1.29 is 23.5 Å². The van der Waals surface area contributed by atoms with Gasteiger partial charge in [-0.1, -0.05) is 36.4 Å². The Labute approximate surface area is 178 Å². The monoisotopic (exact) mass is 427 g/mol. The smallest absolute Gasteiger partial charge is 0.340 e. The molecule has 0 fully saturated rings. The fourth-order valence-corrected chi connectivity index (χ4v) is 3.31. The number of halogens is 2. The second kappa shape index (κ2) is 8.97. The Kier molecular flexibility index (Phi) is 6.37. The molecule has 0 spiro atoms. The van der Waals surface area contributed by atoms with Crippen LogP contribution in [0.3, 0.4) is 0 Å². The lowest BCUT2D eigenvalue weighted by Gasteiger charge is -2.18. The molecule has 1 aliphatic rings. The number of hydrogen-bond acceptors (Lipinski definition) is 4. The highest BCUT2D eigenvalue weighted by atomic mass is 35.5. The molecule has 2 aromatic carbocycles. The van der Waals surface area contributed by atoms with Crippen LogP contribution in [0.1, 0.15) is 12.5 Å². The van der Waals surface area contributed by atoms with E-state index in [1.165, 1.54) is 24.1 Å². The highest BCUT2D eigenvalue weighted by Crippen LogP contribution is 2.36. The highest BCUT2D eigenvalue weighted by Gasteiger charge is 2.38. The molecule has 0 aliphatic carbocycles. The van der Waals surface area contributed by atoms with Crippen LogP contribution in [0.5, 0.6) is 5.75 Å². The number of hydrogen-bond donors (Lipinski definition) is 0. The van der Waals surface area contributed by atoms with Gasteiger partial charge in [-0.05, 0) is 48.9 Å². The van der Waals surface area contributed by atoms with Crippen LogP contribution in [0.25, 0.3) is 6.08 Å². The summed E-state index contributed by atoms with van der Waals surface area (Å²) < 4.78 is 24.0. The maximum absolute atomic E-state index is 13.6. The Balaban J connectivity index is 2.08. The number of amides is 1. The Morgan fingerprint density at radius 1 is 1.27 bits per heavy atom. The lowest BCUT2D eigenvalue weighted by Crippen LogP contribution is -2.24. The minimum absolute atomic E-state index is 0.125. The van der Waals surface area contributed by atoms with Gasteiger partial charge in [-0.2, -0.15) is 0 Å². The zero-order valence-corrected chi connectivity index (χ0v) is 17.2. The number of methoxy groups -OCH3 is 1. The van der Waals surface area contributed by atoms with Crippen molar-refractivity contribution in [1.29, 1.82) is 0 Å². The molecule has 1 amide bonds. The van der Waals surface area contributed by atoms with Crippen LogP contribution in [0, 0.1) is 5.82 Å². The van der Waals surface area contributed by atoms with E-state index in [4.69, 9.17) is 21.1 Å². The number of rotatable bonds is 6. The second-order valence-electron chi connectivity index (χ2n) is 6.42. The molecule has 5 nitrogen and oxygen atoms in total. The lowest BCUT2D eigenvalue weighted by atomic mass is 10.0. The molecule has 7 heteroatoms. The van der Waals surface area contributed by atoms with Crippen molar-refractivity contribution in [2.75, 3.05) is 18.6 Å². The van der Waals surface area contributed by atoms with Gasteiger partial charge >= 0.3 is 5.97 Å². The summed E-state index contributed by atoms with van der Waals surface area (Å²) in [6.45, 7) is 5.56. The standard InChI is InChI=1S/C23H19ClFNO4/c1-4-10-30-17-7-5-6-15(11-17)12-18-21(23(28)29-3)14(2)26(22(18)27)16-8-9-20(25)19(24)13-16/h4-9,11-13H,1,10H2,2-3H3/b18-12-. The lowest BCUT2D eigenvalue weighted by molar-refractivity contribution is -0.136. The second-order valence-corrected chi connectivity index (χ2v) is 6.83. The molecule has 3 rings (SSSR count). The number of esters is 1. The van der Waals surface area contributed by atoms with Crippen LogP contribution >= 0.6 is 11.6 Å². The van der Waals surface area contributed by atoms with Gasteiger partial charge in [0.15, 0.2) is 0 Å². The van der Waals surface area contributed by atoms with Gasteiger partial charge in [0.1, 0.15) is 18.2 Å². The molecule has 2 aromatic rings. The molecule has 0 bridgehead atoms. The van der Waals surface area contributed by atoms with Crippen molar-refractivity contribution in [1.82, 2.24) is 0 Å². The van der Waals surface area contributed by atoms with Gasteiger partial charge in [-0.3, -0.25) is 9.69 Å². The number of ether oxygens (including phenoxy) is 2. The van der Waals surface area contributed by atoms with E-state index in [-0.39, 0.29) is 16.2 Å². The van der Waals surface area contributed by atoms with Crippen molar-refractivity contribution in [3.8, 4) is 5.75 Å². The molecular weight excluding hydrogens is 409 g/mol. The molecule has 0 unspecified atom stereocenters. The molecule has 154 valence electrons. The first kappa shape index (κ1) is 21.3. The number of anilines is 1. The van der Waals surface area contributed by atoms with Crippen LogP contribution in [-0.4, -0.2) is 25.6 Å². The van der Waals surface area contributed by atoms with Crippen LogP contribution in [0.15, 0.2) is 72.0 Å². The molecule has 0 N–H and O–H groups in total. The van der Waals surface area contributed by atoms with Crippen molar-refractivity contribution in [3.05, 3.63) is 88.4 Å². The third kappa shape index (κ3) is 4.14. The predicted molar refractivity (Wildman–Crippen MR) is 114 cm³/mol. The maximum Gasteiger partial charge on any atom is 0.340 e.